The van der Waals surface area contributed by atoms with Crippen molar-refractivity contribution in [3.8, 4) is 5.75 Å². The minimum Gasteiger partial charge on any atom is -0.494 e. The molecule has 0 aromatic heterocycles. The molecular weight excluding hydrogens is 399 g/mol. The van der Waals surface area contributed by atoms with Crippen LogP contribution in [0.3, 0.4) is 0 Å². The fourth-order valence-corrected chi connectivity index (χ4v) is 3.70. The summed E-state index contributed by atoms with van der Waals surface area (Å²) in [5.74, 6) is 0.521. The van der Waals surface area contributed by atoms with Gasteiger partial charge in [-0.15, -0.1) is 0 Å². The second-order valence-corrected chi connectivity index (χ2v) is 7.47. The number of halogens is 2. The van der Waals surface area contributed by atoms with Gasteiger partial charge >= 0.3 is 0 Å². The third-order valence-corrected chi connectivity index (χ3v) is 5.25. The molecule has 1 N–H and O–H groups in total. The van der Waals surface area contributed by atoms with Crippen LogP contribution in [0.25, 0.3) is 0 Å². The highest BCUT2D eigenvalue weighted by molar-refractivity contribution is 6.36. The monoisotopic (exact) mass is 420 g/mol. The molecule has 2 aromatic rings. The number of piperidine rings is 1. The van der Waals surface area contributed by atoms with Crippen LogP contribution >= 0.6 is 23.2 Å². The zero-order valence-electron chi connectivity index (χ0n) is 15.6. The number of carbonyl (C=O) groups excluding carboxylic acids is 2. The molecule has 0 radical (unpaired) electrons. The van der Waals surface area contributed by atoms with Crippen molar-refractivity contribution in [3.63, 3.8) is 0 Å². The van der Waals surface area contributed by atoms with Gasteiger partial charge in [-0.3, -0.25) is 9.59 Å². The molecule has 3 rings (SSSR count). The SMILES string of the molecule is CCOc1ccc(C(=O)N2CCC(NC(=O)c3ccc(Cl)cc3Cl)CC2)cc1. The molecule has 0 saturated carbocycles. The van der Waals surface area contributed by atoms with Crippen LogP contribution < -0.4 is 10.1 Å². The van der Waals surface area contributed by atoms with E-state index >= 15 is 0 Å². The Morgan fingerprint density at radius 2 is 1.79 bits per heavy atom. The molecule has 1 aliphatic rings. The lowest BCUT2D eigenvalue weighted by atomic mass is 10.0. The first-order valence-corrected chi connectivity index (χ1v) is 10.0. The van der Waals surface area contributed by atoms with Crippen molar-refractivity contribution < 1.29 is 14.3 Å². The van der Waals surface area contributed by atoms with Gasteiger partial charge in [0.1, 0.15) is 5.75 Å². The van der Waals surface area contributed by atoms with Gasteiger partial charge in [-0.1, -0.05) is 23.2 Å². The molecule has 0 unspecified atom stereocenters. The van der Waals surface area contributed by atoms with Gasteiger partial charge in [0.05, 0.1) is 17.2 Å². The van der Waals surface area contributed by atoms with E-state index in [0.29, 0.717) is 53.7 Å². The topological polar surface area (TPSA) is 58.6 Å². The Balaban J connectivity index is 1.53. The third kappa shape index (κ3) is 4.97. The van der Waals surface area contributed by atoms with Gasteiger partial charge in [0.25, 0.3) is 11.8 Å². The lowest BCUT2D eigenvalue weighted by molar-refractivity contribution is 0.0698. The molecule has 7 heteroatoms. The molecule has 0 aliphatic carbocycles. The lowest BCUT2D eigenvalue weighted by Gasteiger charge is -2.32. The Morgan fingerprint density at radius 3 is 2.39 bits per heavy atom. The van der Waals surface area contributed by atoms with E-state index in [0.717, 1.165) is 5.75 Å². The number of benzene rings is 2. The molecule has 0 atom stereocenters. The molecule has 1 aliphatic heterocycles. The number of carbonyl (C=O) groups is 2. The number of nitrogens with zero attached hydrogens (tertiary/aromatic N) is 1. The minimum atomic E-state index is -0.224. The summed E-state index contributed by atoms with van der Waals surface area (Å²) in [6.07, 6.45) is 1.39. The maximum Gasteiger partial charge on any atom is 0.253 e. The first kappa shape index (κ1) is 20.5. The fraction of sp³-hybridized carbons (Fsp3) is 0.333. The van der Waals surface area contributed by atoms with E-state index in [-0.39, 0.29) is 17.9 Å². The highest BCUT2D eigenvalue weighted by Gasteiger charge is 2.25. The van der Waals surface area contributed by atoms with Crippen LogP contribution in [0.5, 0.6) is 5.75 Å². The predicted molar refractivity (Wildman–Crippen MR) is 110 cm³/mol. The Kier molecular flexibility index (Phi) is 6.81. The Bertz CT molecular complexity index is 847. The normalized spacial score (nSPS) is 14.6. The first-order valence-electron chi connectivity index (χ1n) is 9.26. The van der Waals surface area contributed by atoms with Gasteiger partial charge in [0, 0.05) is 29.7 Å². The van der Waals surface area contributed by atoms with Crippen LogP contribution in [0.15, 0.2) is 42.5 Å². The minimum absolute atomic E-state index is 0.00336. The summed E-state index contributed by atoms with van der Waals surface area (Å²) in [4.78, 5) is 26.9. The van der Waals surface area contributed by atoms with Crippen molar-refractivity contribution in [1.29, 1.82) is 0 Å². The Morgan fingerprint density at radius 1 is 1.11 bits per heavy atom. The Labute approximate surface area is 174 Å². The zero-order valence-corrected chi connectivity index (χ0v) is 17.1. The average molecular weight is 421 g/mol. The van der Waals surface area contributed by atoms with Crippen molar-refractivity contribution in [1.82, 2.24) is 10.2 Å². The largest absolute Gasteiger partial charge is 0.494 e. The van der Waals surface area contributed by atoms with Gasteiger partial charge in [-0.2, -0.15) is 0 Å². The number of nitrogens with one attached hydrogen (secondary N) is 1. The smallest absolute Gasteiger partial charge is 0.253 e. The van der Waals surface area contributed by atoms with Crippen LogP contribution in [-0.2, 0) is 0 Å². The van der Waals surface area contributed by atoms with Crippen molar-refractivity contribution in [2.45, 2.75) is 25.8 Å². The van der Waals surface area contributed by atoms with Crippen LogP contribution in [-0.4, -0.2) is 42.5 Å². The van der Waals surface area contributed by atoms with E-state index in [1.165, 1.54) is 0 Å². The van der Waals surface area contributed by atoms with Crippen molar-refractivity contribution in [3.05, 3.63) is 63.6 Å². The van der Waals surface area contributed by atoms with Crippen LogP contribution in [0.4, 0.5) is 0 Å². The lowest BCUT2D eigenvalue weighted by Crippen LogP contribution is -2.46. The zero-order chi connectivity index (χ0) is 20.1. The van der Waals surface area contributed by atoms with Crippen LogP contribution in [0.2, 0.25) is 10.0 Å². The van der Waals surface area contributed by atoms with Gasteiger partial charge in [-0.05, 0) is 62.2 Å². The van der Waals surface area contributed by atoms with Gasteiger partial charge in [-0.25, -0.2) is 0 Å². The maximum absolute atomic E-state index is 12.7. The number of hydrogen-bond donors (Lipinski definition) is 1. The standard InChI is InChI=1S/C21H22Cl2N2O3/c1-2-28-17-6-3-14(4-7-17)21(27)25-11-9-16(10-12-25)24-20(26)18-8-5-15(22)13-19(18)23/h3-8,13,16H,2,9-12H2,1H3,(H,24,26). The van der Waals surface area contributed by atoms with E-state index < -0.39 is 0 Å². The molecule has 28 heavy (non-hydrogen) atoms. The summed E-state index contributed by atoms with van der Waals surface area (Å²) in [6, 6.07) is 12.0. The molecule has 5 nitrogen and oxygen atoms in total. The first-order chi connectivity index (χ1) is 13.5. The second kappa shape index (κ2) is 9.30. The van der Waals surface area contributed by atoms with Crippen molar-refractivity contribution in [2.75, 3.05) is 19.7 Å². The van der Waals surface area contributed by atoms with Crippen LogP contribution in [0.1, 0.15) is 40.5 Å². The number of hydrogen-bond acceptors (Lipinski definition) is 3. The molecule has 2 aromatic carbocycles. The molecule has 0 spiro atoms. The van der Waals surface area contributed by atoms with Crippen LogP contribution in [0, 0.1) is 0 Å². The van der Waals surface area contributed by atoms with Gasteiger partial charge < -0.3 is 15.0 Å². The van der Waals surface area contributed by atoms with Crippen molar-refractivity contribution >= 4 is 35.0 Å². The summed E-state index contributed by atoms with van der Waals surface area (Å²) in [6.45, 7) is 3.69. The van der Waals surface area contributed by atoms with Crippen molar-refractivity contribution in [2.24, 2.45) is 0 Å². The van der Waals surface area contributed by atoms with E-state index in [1.807, 2.05) is 11.8 Å². The highest BCUT2D eigenvalue weighted by Crippen LogP contribution is 2.22. The number of rotatable bonds is 5. The molecule has 1 heterocycles. The van der Waals surface area contributed by atoms with Gasteiger partial charge in [0.15, 0.2) is 0 Å². The Hall–Kier alpha value is -2.24. The molecule has 2 amide bonds. The summed E-state index contributed by atoms with van der Waals surface area (Å²) in [5, 5.41) is 3.81. The summed E-state index contributed by atoms with van der Waals surface area (Å²) < 4.78 is 5.41. The van der Waals surface area contributed by atoms with E-state index in [9.17, 15) is 9.59 Å². The second-order valence-electron chi connectivity index (χ2n) is 6.62. The molecular formula is C21H22Cl2N2O3. The summed E-state index contributed by atoms with van der Waals surface area (Å²) in [7, 11) is 0. The molecule has 1 fully saturated rings. The summed E-state index contributed by atoms with van der Waals surface area (Å²) >= 11 is 12.0. The number of likely N-dealkylation sites (tertiary alicyclic amines) is 1. The third-order valence-electron chi connectivity index (χ3n) is 4.71. The number of amides is 2. The molecule has 148 valence electrons. The van der Waals surface area contributed by atoms with E-state index in [4.69, 9.17) is 27.9 Å². The predicted octanol–water partition coefficient (Wildman–Crippen LogP) is 4.43. The molecule has 0 bridgehead atoms. The fourth-order valence-electron chi connectivity index (χ4n) is 3.21. The summed E-state index contributed by atoms with van der Waals surface area (Å²) in [5.41, 5.74) is 1.04. The molecule has 1 saturated heterocycles. The highest BCUT2D eigenvalue weighted by atomic mass is 35.5. The van der Waals surface area contributed by atoms with E-state index in [1.54, 1.807) is 42.5 Å². The van der Waals surface area contributed by atoms with Gasteiger partial charge in [0.2, 0.25) is 0 Å². The average Bonchev–Trinajstić information content (AvgIpc) is 2.69. The number of ether oxygens (including phenoxy) is 1. The quantitative estimate of drug-likeness (QED) is 0.778. The maximum atomic E-state index is 12.7. The van der Waals surface area contributed by atoms with E-state index in [2.05, 4.69) is 5.32 Å².